The molecule has 0 amide bonds. The first-order valence-corrected chi connectivity index (χ1v) is 12.4. The van der Waals surface area contributed by atoms with Crippen LogP contribution in [0.1, 0.15) is 43.2 Å². The van der Waals surface area contributed by atoms with E-state index in [-0.39, 0.29) is 11.0 Å². The van der Waals surface area contributed by atoms with Crippen LogP contribution < -0.4 is 10.1 Å². The Kier molecular flexibility index (Phi) is 7.39. The Morgan fingerprint density at radius 3 is 2.52 bits per heavy atom. The minimum Gasteiger partial charge on any atom is -0.493 e. The van der Waals surface area contributed by atoms with Crippen LogP contribution >= 0.6 is 0 Å². The predicted molar refractivity (Wildman–Crippen MR) is 123 cm³/mol. The maximum Gasteiger partial charge on any atom is 0.144 e. The van der Waals surface area contributed by atoms with Crippen molar-refractivity contribution >= 4 is 11.0 Å². The van der Waals surface area contributed by atoms with Gasteiger partial charge in [0, 0.05) is 37.2 Å². The van der Waals surface area contributed by atoms with E-state index in [0.717, 1.165) is 12.8 Å². The number of benzene rings is 2. The van der Waals surface area contributed by atoms with E-state index in [9.17, 15) is 13.9 Å². The molecule has 1 heterocycles. The SMILES string of the molecule is N#Cc1ccc(OCC2(CNC3CCCCC3)CN(S(=O)c3ccccc3C#N)C2)cc1F. The molecule has 0 spiro atoms. The van der Waals surface area contributed by atoms with Gasteiger partial charge in [-0.05, 0) is 37.1 Å². The Bertz CT molecular complexity index is 1100. The fourth-order valence-electron chi connectivity index (χ4n) is 4.50. The second-order valence-electron chi connectivity index (χ2n) is 8.91. The van der Waals surface area contributed by atoms with Crippen molar-refractivity contribution in [2.45, 2.75) is 43.0 Å². The lowest BCUT2D eigenvalue weighted by atomic mass is 9.81. The quantitative estimate of drug-likeness (QED) is 0.638. The summed E-state index contributed by atoms with van der Waals surface area (Å²) in [6.07, 6.45) is 6.05. The molecule has 0 aromatic heterocycles. The van der Waals surface area contributed by atoms with E-state index in [4.69, 9.17) is 10.00 Å². The molecule has 4 rings (SSSR count). The molecule has 1 aliphatic carbocycles. The predicted octanol–water partition coefficient (Wildman–Crippen LogP) is 3.89. The molecule has 2 aromatic carbocycles. The van der Waals surface area contributed by atoms with Crippen molar-refractivity contribution in [1.29, 1.82) is 10.5 Å². The van der Waals surface area contributed by atoms with Gasteiger partial charge in [-0.1, -0.05) is 31.4 Å². The molecule has 1 saturated carbocycles. The summed E-state index contributed by atoms with van der Waals surface area (Å²) in [7, 11) is -1.43. The number of nitrogens with zero attached hydrogens (tertiary/aromatic N) is 3. The first kappa shape index (κ1) is 23.4. The Hall–Kier alpha value is -2.78. The molecule has 2 fully saturated rings. The highest BCUT2D eigenvalue weighted by molar-refractivity contribution is 7.82. The zero-order valence-electron chi connectivity index (χ0n) is 18.4. The highest BCUT2D eigenvalue weighted by Crippen LogP contribution is 2.35. The van der Waals surface area contributed by atoms with E-state index >= 15 is 0 Å². The minimum absolute atomic E-state index is 0.0163. The highest BCUT2D eigenvalue weighted by Gasteiger charge is 2.47. The molecule has 0 bridgehead atoms. The standard InChI is InChI=1S/C25H27FN4O2S/c26-23-12-22(11-10-19(23)13-27)32-18-25(15-29-21-7-2-1-3-8-21)16-30(17-25)33(31)24-9-5-4-6-20(24)14-28/h4-6,9-12,21,29H,1-3,7-8,15-18H2. The summed E-state index contributed by atoms with van der Waals surface area (Å²) >= 11 is 0. The minimum atomic E-state index is -1.43. The van der Waals surface area contributed by atoms with Crippen molar-refractivity contribution in [3.05, 3.63) is 59.4 Å². The van der Waals surface area contributed by atoms with E-state index in [0.29, 0.717) is 48.5 Å². The third kappa shape index (κ3) is 5.42. The number of halogens is 1. The van der Waals surface area contributed by atoms with Crippen molar-refractivity contribution in [3.63, 3.8) is 0 Å². The van der Waals surface area contributed by atoms with Crippen LogP contribution in [0.3, 0.4) is 0 Å². The molecule has 33 heavy (non-hydrogen) atoms. The Balaban J connectivity index is 1.45. The summed E-state index contributed by atoms with van der Waals surface area (Å²) in [5.74, 6) is -0.230. The van der Waals surface area contributed by atoms with Crippen LogP contribution in [0, 0.1) is 33.9 Å². The van der Waals surface area contributed by atoms with Crippen LogP contribution in [-0.2, 0) is 11.0 Å². The molecule has 1 saturated heterocycles. The van der Waals surface area contributed by atoms with Gasteiger partial charge in [-0.25, -0.2) is 12.9 Å². The second kappa shape index (κ2) is 10.4. The summed E-state index contributed by atoms with van der Waals surface area (Å²) in [5, 5.41) is 22.0. The van der Waals surface area contributed by atoms with Crippen LogP contribution in [0.15, 0.2) is 47.4 Å². The van der Waals surface area contributed by atoms with E-state index in [1.165, 1.54) is 31.4 Å². The summed E-state index contributed by atoms with van der Waals surface area (Å²) < 4.78 is 34.9. The number of ether oxygens (including phenoxy) is 1. The lowest BCUT2D eigenvalue weighted by molar-refractivity contribution is 0.0191. The monoisotopic (exact) mass is 466 g/mol. The maximum absolute atomic E-state index is 14.0. The normalized spacial score (nSPS) is 19.1. The average molecular weight is 467 g/mol. The fraction of sp³-hybridized carbons (Fsp3) is 0.440. The number of rotatable bonds is 8. The third-order valence-electron chi connectivity index (χ3n) is 6.43. The van der Waals surface area contributed by atoms with Gasteiger partial charge in [0.15, 0.2) is 0 Å². The largest absolute Gasteiger partial charge is 0.493 e. The summed E-state index contributed by atoms with van der Waals surface area (Å²) in [5.41, 5.74) is 0.120. The van der Waals surface area contributed by atoms with Gasteiger partial charge in [-0.2, -0.15) is 10.5 Å². The molecule has 0 radical (unpaired) electrons. The van der Waals surface area contributed by atoms with Crippen LogP contribution in [0.25, 0.3) is 0 Å². The summed E-state index contributed by atoms with van der Waals surface area (Å²) in [6.45, 7) is 2.13. The molecule has 2 aliphatic rings. The molecule has 1 aliphatic heterocycles. The lowest BCUT2D eigenvalue weighted by Crippen LogP contribution is -2.64. The van der Waals surface area contributed by atoms with E-state index < -0.39 is 16.8 Å². The van der Waals surface area contributed by atoms with Crippen molar-refractivity contribution in [2.75, 3.05) is 26.2 Å². The zero-order chi connectivity index (χ0) is 23.3. The number of hydrogen-bond donors (Lipinski definition) is 1. The Morgan fingerprint density at radius 2 is 1.82 bits per heavy atom. The van der Waals surface area contributed by atoms with Crippen molar-refractivity contribution < 1.29 is 13.3 Å². The van der Waals surface area contributed by atoms with Crippen LogP contribution in [0.4, 0.5) is 4.39 Å². The highest BCUT2D eigenvalue weighted by atomic mass is 32.2. The molecule has 1 N–H and O–H groups in total. The van der Waals surface area contributed by atoms with Gasteiger partial charge in [0.1, 0.15) is 34.7 Å². The van der Waals surface area contributed by atoms with Crippen LogP contribution in [-0.4, -0.2) is 40.8 Å². The summed E-state index contributed by atoms with van der Waals surface area (Å²) in [6, 6.07) is 15.6. The number of hydrogen-bond acceptors (Lipinski definition) is 5. The smallest absolute Gasteiger partial charge is 0.144 e. The molecular formula is C25H27FN4O2S. The van der Waals surface area contributed by atoms with E-state index in [1.807, 2.05) is 10.4 Å². The molecule has 1 atom stereocenters. The van der Waals surface area contributed by atoms with Crippen molar-refractivity contribution in [3.8, 4) is 17.9 Å². The molecular weight excluding hydrogens is 439 g/mol. The van der Waals surface area contributed by atoms with Crippen molar-refractivity contribution in [1.82, 2.24) is 9.62 Å². The van der Waals surface area contributed by atoms with Gasteiger partial charge in [0.25, 0.3) is 0 Å². The first-order chi connectivity index (χ1) is 16.0. The fourth-order valence-corrected chi connectivity index (χ4v) is 6.06. The lowest BCUT2D eigenvalue weighted by Gasteiger charge is -2.49. The number of nitriles is 2. The third-order valence-corrected chi connectivity index (χ3v) is 7.89. The van der Waals surface area contributed by atoms with Gasteiger partial charge in [0.2, 0.25) is 0 Å². The molecule has 172 valence electrons. The second-order valence-corrected chi connectivity index (χ2v) is 10.4. The van der Waals surface area contributed by atoms with Gasteiger partial charge >= 0.3 is 0 Å². The first-order valence-electron chi connectivity index (χ1n) is 11.3. The molecule has 8 heteroatoms. The summed E-state index contributed by atoms with van der Waals surface area (Å²) in [4.78, 5) is 0.518. The average Bonchev–Trinajstić information content (AvgIpc) is 2.83. The van der Waals surface area contributed by atoms with Crippen LogP contribution in [0.5, 0.6) is 5.75 Å². The van der Waals surface area contributed by atoms with E-state index in [2.05, 4.69) is 11.4 Å². The Morgan fingerprint density at radius 1 is 1.09 bits per heavy atom. The molecule has 2 aromatic rings. The van der Waals surface area contributed by atoms with Gasteiger partial charge < -0.3 is 10.1 Å². The van der Waals surface area contributed by atoms with Gasteiger partial charge in [0.05, 0.1) is 22.6 Å². The zero-order valence-corrected chi connectivity index (χ0v) is 19.2. The topological polar surface area (TPSA) is 89.2 Å². The molecule has 6 nitrogen and oxygen atoms in total. The van der Waals surface area contributed by atoms with Gasteiger partial charge in [-0.15, -0.1) is 0 Å². The van der Waals surface area contributed by atoms with E-state index in [1.54, 1.807) is 30.3 Å². The van der Waals surface area contributed by atoms with Crippen LogP contribution in [0.2, 0.25) is 0 Å². The number of nitrogens with one attached hydrogen (secondary N) is 1. The van der Waals surface area contributed by atoms with Crippen molar-refractivity contribution in [2.24, 2.45) is 5.41 Å². The maximum atomic E-state index is 14.0. The Labute approximate surface area is 196 Å². The molecule has 1 unspecified atom stereocenters. The van der Waals surface area contributed by atoms with Gasteiger partial charge in [-0.3, -0.25) is 0 Å².